The van der Waals surface area contributed by atoms with Crippen LogP contribution in [0.5, 0.6) is 0 Å². The van der Waals surface area contributed by atoms with E-state index in [4.69, 9.17) is 11.6 Å². The Kier molecular flexibility index (Phi) is 11.6. The molecular weight excluding hydrogens is 366 g/mol. The molecule has 1 fully saturated rings. The summed E-state index contributed by atoms with van der Waals surface area (Å²) in [5.74, 6) is 0. The summed E-state index contributed by atoms with van der Waals surface area (Å²) in [6.45, 7) is 5.92. The number of halogens is 1. The first-order valence-corrected chi connectivity index (χ1v) is 7.90. The largest absolute Gasteiger partial charge is 1.00 e. The number of rotatable bonds is 5. The van der Waals surface area contributed by atoms with Gasteiger partial charge in [-0.05, 0) is 29.7 Å². The van der Waals surface area contributed by atoms with E-state index in [0.717, 1.165) is 17.9 Å². The zero-order valence-electron chi connectivity index (χ0n) is 14.1. The number of hydrogen-bond acceptors (Lipinski definition) is 1. The van der Waals surface area contributed by atoms with Gasteiger partial charge in [-0.3, -0.25) is 0 Å². The fourth-order valence-electron chi connectivity index (χ4n) is 1.58. The van der Waals surface area contributed by atoms with Crippen molar-refractivity contribution in [2.75, 3.05) is 0 Å². The van der Waals surface area contributed by atoms with E-state index in [1.807, 2.05) is 45.0 Å². The third-order valence-corrected chi connectivity index (χ3v) is 4.76. The quantitative estimate of drug-likeness (QED) is 0.514. The second kappa shape index (κ2) is 10.5. The van der Waals surface area contributed by atoms with Crippen molar-refractivity contribution < 1.29 is 103 Å². The second-order valence-electron chi connectivity index (χ2n) is 6.08. The zero-order valence-corrected chi connectivity index (χ0v) is 21.9. The molecule has 2 rings (SSSR count). The van der Waals surface area contributed by atoms with Crippen LogP contribution in [0.1, 0.15) is 33.6 Å². The molecule has 0 N–H and O–H groups in total. The van der Waals surface area contributed by atoms with Gasteiger partial charge in [-0.25, -0.2) is 0 Å². The van der Waals surface area contributed by atoms with Crippen molar-refractivity contribution in [3.05, 3.63) is 52.3 Å². The molecule has 0 saturated heterocycles. The standard InChI is InChI=1S/C16H19ClN2S.2K/c1-15(2,3)14(18)8-11-19-16(9-10-16)20-13-6-4-12(17)5-7-13;;/h4-8,11H,9-10H2,1-3H3;;/q-2;2*+1/b11-8+;;. The molecule has 6 heteroatoms. The molecule has 0 atom stereocenters. The molecule has 22 heavy (non-hydrogen) atoms. The molecule has 0 aliphatic heterocycles. The van der Waals surface area contributed by atoms with E-state index in [0.29, 0.717) is 5.71 Å². The molecule has 0 spiro atoms. The summed E-state index contributed by atoms with van der Waals surface area (Å²) in [5, 5.41) is 15.2. The summed E-state index contributed by atoms with van der Waals surface area (Å²) < 4.78 is 0. The van der Waals surface area contributed by atoms with Crippen molar-refractivity contribution >= 4 is 29.1 Å². The zero-order chi connectivity index (χ0) is 14.8. The van der Waals surface area contributed by atoms with E-state index >= 15 is 0 Å². The summed E-state index contributed by atoms with van der Waals surface area (Å²) in [4.78, 5) is 1.12. The van der Waals surface area contributed by atoms with Crippen LogP contribution in [-0.2, 0) is 0 Å². The maximum absolute atomic E-state index is 9.87. The van der Waals surface area contributed by atoms with Gasteiger partial charge < -0.3 is 10.7 Å². The van der Waals surface area contributed by atoms with Crippen LogP contribution >= 0.6 is 23.4 Å². The van der Waals surface area contributed by atoms with E-state index in [1.165, 1.54) is 4.90 Å². The van der Waals surface area contributed by atoms with Crippen LogP contribution in [0.4, 0.5) is 0 Å². The van der Waals surface area contributed by atoms with Crippen LogP contribution in [0.3, 0.4) is 0 Å². The Bertz CT molecular complexity index is 520. The Morgan fingerprint density at radius 2 is 1.77 bits per heavy atom. The SMILES string of the molecule is CC(C)(C)C(=[N-])/C=C/[N-]C1(Sc2ccc(Cl)cc2)CC1.[K+].[K+]. The minimum Gasteiger partial charge on any atom is -0.807 e. The molecule has 1 aliphatic carbocycles. The summed E-state index contributed by atoms with van der Waals surface area (Å²) in [5.41, 5.74) is 0.125. The third kappa shape index (κ3) is 8.15. The Balaban J connectivity index is 0.00000220. The van der Waals surface area contributed by atoms with E-state index in [2.05, 4.69) is 5.32 Å². The number of allylic oxidation sites excluding steroid dienone is 1. The minimum atomic E-state index is -0.230. The summed E-state index contributed by atoms with van der Waals surface area (Å²) in [7, 11) is 0. The van der Waals surface area contributed by atoms with E-state index in [1.54, 1.807) is 24.0 Å². The molecule has 2 nitrogen and oxygen atoms in total. The summed E-state index contributed by atoms with van der Waals surface area (Å²) >= 11 is 7.64. The van der Waals surface area contributed by atoms with Gasteiger partial charge in [0.1, 0.15) is 0 Å². The van der Waals surface area contributed by atoms with Gasteiger partial charge in [0.05, 0.1) is 0 Å². The van der Waals surface area contributed by atoms with Crippen molar-refractivity contribution in [2.24, 2.45) is 5.41 Å². The molecular formula is C16H19ClK2N2S. The Morgan fingerprint density at radius 3 is 2.23 bits per heavy atom. The van der Waals surface area contributed by atoms with Crippen LogP contribution in [0, 0.1) is 5.41 Å². The first-order chi connectivity index (χ1) is 9.31. The van der Waals surface area contributed by atoms with E-state index < -0.39 is 0 Å². The molecule has 0 unspecified atom stereocenters. The summed E-state index contributed by atoms with van der Waals surface area (Å²) in [6, 6.07) is 7.83. The van der Waals surface area contributed by atoms with Gasteiger partial charge in [0.25, 0.3) is 0 Å². The number of nitrogens with zero attached hydrogens (tertiary/aromatic N) is 2. The van der Waals surface area contributed by atoms with Crippen LogP contribution < -0.4 is 103 Å². The van der Waals surface area contributed by atoms with E-state index in [9.17, 15) is 5.41 Å². The molecule has 1 aromatic carbocycles. The van der Waals surface area contributed by atoms with Crippen LogP contribution in [0.15, 0.2) is 41.4 Å². The average molecular weight is 385 g/mol. The maximum atomic E-state index is 9.87. The van der Waals surface area contributed by atoms with Gasteiger partial charge in [-0.2, -0.15) is 11.9 Å². The van der Waals surface area contributed by atoms with Crippen molar-refractivity contribution in [1.82, 2.24) is 0 Å². The third-order valence-electron chi connectivity index (χ3n) is 3.11. The minimum absolute atomic E-state index is 0. The maximum Gasteiger partial charge on any atom is 1.00 e. The second-order valence-corrected chi connectivity index (χ2v) is 7.95. The van der Waals surface area contributed by atoms with E-state index in [-0.39, 0.29) is 113 Å². The van der Waals surface area contributed by atoms with Gasteiger partial charge in [0.2, 0.25) is 0 Å². The van der Waals surface area contributed by atoms with Crippen molar-refractivity contribution in [3.63, 3.8) is 0 Å². The molecule has 1 aromatic rings. The predicted molar refractivity (Wildman–Crippen MR) is 89.6 cm³/mol. The first-order valence-electron chi connectivity index (χ1n) is 6.70. The molecule has 0 aromatic heterocycles. The van der Waals surface area contributed by atoms with Gasteiger partial charge in [-0.1, -0.05) is 50.1 Å². The molecule has 0 heterocycles. The van der Waals surface area contributed by atoms with Gasteiger partial charge >= 0.3 is 103 Å². The smallest absolute Gasteiger partial charge is 0.807 e. The topological polar surface area (TPSA) is 36.4 Å². The molecule has 108 valence electrons. The monoisotopic (exact) mass is 384 g/mol. The van der Waals surface area contributed by atoms with Gasteiger partial charge in [-0.15, -0.1) is 17.8 Å². The van der Waals surface area contributed by atoms with Crippen LogP contribution in [0.25, 0.3) is 10.7 Å². The van der Waals surface area contributed by atoms with Crippen molar-refractivity contribution in [3.8, 4) is 0 Å². The fraction of sp³-hybridized carbons (Fsp3) is 0.438. The number of benzene rings is 1. The van der Waals surface area contributed by atoms with Gasteiger partial charge in [0.15, 0.2) is 0 Å². The van der Waals surface area contributed by atoms with Crippen LogP contribution in [0.2, 0.25) is 5.02 Å². The molecule has 1 aliphatic rings. The Hall–Kier alpha value is 2.34. The summed E-state index contributed by atoms with van der Waals surface area (Å²) in [6.07, 6.45) is 5.57. The predicted octanol–water partition coefficient (Wildman–Crippen LogP) is -0.126. The average Bonchev–Trinajstić information content (AvgIpc) is 3.11. The first kappa shape index (κ1) is 24.3. The van der Waals surface area contributed by atoms with Crippen molar-refractivity contribution in [1.29, 1.82) is 0 Å². The number of thioether (sulfide) groups is 1. The Morgan fingerprint density at radius 1 is 1.23 bits per heavy atom. The Labute approximate surface area is 228 Å². The normalized spacial score (nSPS) is 15.6. The van der Waals surface area contributed by atoms with Gasteiger partial charge in [0, 0.05) is 9.92 Å². The molecule has 0 bridgehead atoms. The van der Waals surface area contributed by atoms with Crippen molar-refractivity contribution in [2.45, 2.75) is 43.4 Å². The number of hydrogen-bond donors (Lipinski definition) is 0. The van der Waals surface area contributed by atoms with Crippen LogP contribution in [-0.4, -0.2) is 10.6 Å². The molecule has 0 amide bonds. The molecule has 0 radical (unpaired) electrons. The molecule has 1 saturated carbocycles. The fourth-order valence-corrected chi connectivity index (χ4v) is 2.84.